The van der Waals surface area contributed by atoms with Crippen molar-refractivity contribution in [2.45, 2.75) is 70.0 Å². The van der Waals surface area contributed by atoms with E-state index in [4.69, 9.17) is 0 Å². The highest BCUT2D eigenvalue weighted by molar-refractivity contribution is 5.85. The van der Waals surface area contributed by atoms with Crippen molar-refractivity contribution >= 4 is 18.3 Å². The Kier molecular flexibility index (Phi) is 7.30. The first kappa shape index (κ1) is 22.4. The number of carbonyl (C=O) groups is 1. The molecule has 0 aliphatic carbocycles. The molecule has 0 bridgehead atoms. The summed E-state index contributed by atoms with van der Waals surface area (Å²) in [5.74, 6) is 0.210. The van der Waals surface area contributed by atoms with Crippen LogP contribution < -0.4 is 10.6 Å². The van der Waals surface area contributed by atoms with E-state index in [1.807, 2.05) is 36.4 Å². The molecule has 3 nitrogen and oxygen atoms in total. The highest BCUT2D eigenvalue weighted by Gasteiger charge is 2.38. The Morgan fingerprint density at radius 1 is 0.929 bits per heavy atom. The van der Waals surface area contributed by atoms with Gasteiger partial charge in [-0.2, -0.15) is 0 Å². The molecule has 1 saturated heterocycles. The number of rotatable bonds is 5. The van der Waals surface area contributed by atoms with E-state index in [-0.39, 0.29) is 41.4 Å². The molecule has 0 aromatic heterocycles. The molecule has 2 aromatic rings. The lowest BCUT2D eigenvalue weighted by Gasteiger charge is -2.46. The second kappa shape index (κ2) is 9.11. The minimum Gasteiger partial charge on any atom is -0.353 e. The van der Waals surface area contributed by atoms with E-state index in [2.05, 4.69) is 62.6 Å². The van der Waals surface area contributed by atoms with Crippen molar-refractivity contribution in [1.29, 1.82) is 0 Å². The van der Waals surface area contributed by atoms with Crippen LogP contribution in [0.4, 0.5) is 0 Å². The van der Waals surface area contributed by atoms with Crippen LogP contribution in [0.2, 0.25) is 0 Å². The van der Waals surface area contributed by atoms with Gasteiger partial charge < -0.3 is 10.6 Å². The van der Waals surface area contributed by atoms with Crippen LogP contribution in [0.5, 0.6) is 0 Å². The maximum Gasteiger partial charge on any atom is 0.221 e. The van der Waals surface area contributed by atoms with Crippen molar-refractivity contribution in [3.05, 3.63) is 71.8 Å². The smallest absolute Gasteiger partial charge is 0.221 e. The fourth-order valence-electron chi connectivity index (χ4n) is 4.70. The third-order valence-electron chi connectivity index (χ3n) is 5.35. The van der Waals surface area contributed by atoms with E-state index in [0.717, 1.165) is 12.8 Å². The molecule has 2 N–H and O–H groups in total. The maximum atomic E-state index is 13.0. The third-order valence-corrected chi connectivity index (χ3v) is 5.35. The number of carbonyl (C=O) groups excluding carboxylic acids is 1. The molecule has 28 heavy (non-hydrogen) atoms. The third kappa shape index (κ3) is 6.08. The number of nitrogens with one attached hydrogen (secondary N) is 2. The molecule has 1 fully saturated rings. The quantitative estimate of drug-likeness (QED) is 0.736. The Bertz CT molecular complexity index is 703. The normalized spacial score (nSPS) is 18.3. The fraction of sp³-hybridized carbons (Fsp3) is 0.458. The van der Waals surface area contributed by atoms with Gasteiger partial charge in [-0.25, -0.2) is 0 Å². The summed E-state index contributed by atoms with van der Waals surface area (Å²) in [5, 5.41) is 7.00. The first-order valence-electron chi connectivity index (χ1n) is 9.93. The number of piperidine rings is 1. The van der Waals surface area contributed by atoms with E-state index in [0.29, 0.717) is 6.42 Å². The van der Waals surface area contributed by atoms with Crippen LogP contribution in [0.15, 0.2) is 60.7 Å². The van der Waals surface area contributed by atoms with Crippen LogP contribution in [0.1, 0.15) is 64.0 Å². The summed E-state index contributed by atoms with van der Waals surface area (Å²) in [5.41, 5.74) is 2.42. The maximum absolute atomic E-state index is 13.0. The van der Waals surface area contributed by atoms with E-state index in [1.165, 1.54) is 11.1 Å². The molecule has 0 saturated carbocycles. The molecule has 0 radical (unpaired) electrons. The largest absolute Gasteiger partial charge is 0.353 e. The second-order valence-electron chi connectivity index (χ2n) is 9.14. The Labute approximate surface area is 175 Å². The van der Waals surface area contributed by atoms with E-state index >= 15 is 0 Å². The Hall–Kier alpha value is -1.84. The van der Waals surface area contributed by atoms with Gasteiger partial charge in [0.25, 0.3) is 0 Å². The van der Waals surface area contributed by atoms with Gasteiger partial charge in [0.05, 0.1) is 0 Å². The first-order valence-corrected chi connectivity index (χ1v) is 9.93. The van der Waals surface area contributed by atoms with Crippen molar-refractivity contribution in [2.75, 3.05) is 0 Å². The van der Waals surface area contributed by atoms with Gasteiger partial charge in [-0.05, 0) is 51.7 Å². The lowest BCUT2D eigenvalue weighted by molar-refractivity contribution is -0.122. The van der Waals surface area contributed by atoms with Gasteiger partial charge in [-0.1, -0.05) is 60.7 Å². The molecule has 1 aliphatic rings. The number of hydrogen-bond acceptors (Lipinski definition) is 2. The van der Waals surface area contributed by atoms with Crippen molar-refractivity contribution in [1.82, 2.24) is 10.6 Å². The molecule has 0 atom stereocenters. The zero-order valence-electron chi connectivity index (χ0n) is 17.4. The van der Waals surface area contributed by atoms with Crippen molar-refractivity contribution < 1.29 is 4.79 Å². The summed E-state index contributed by atoms with van der Waals surface area (Å²) in [4.78, 5) is 13.0. The fourth-order valence-corrected chi connectivity index (χ4v) is 4.70. The SMILES string of the molecule is CC1(C)CC(NC(=O)CC(c2ccccc2)c2ccccc2)CC(C)(C)N1.Cl. The van der Waals surface area contributed by atoms with Gasteiger partial charge >= 0.3 is 0 Å². The minimum absolute atomic E-state index is 0. The predicted octanol–water partition coefficient (Wildman–Crippen LogP) is 5.06. The zero-order chi connectivity index (χ0) is 19.5. The first-order chi connectivity index (χ1) is 12.7. The molecule has 152 valence electrons. The molecule has 1 heterocycles. The van der Waals surface area contributed by atoms with Gasteiger partial charge in [0.2, 0.25) is 5.91 Å². The van der Waals surface area contributed by atoms with Crippen LogP contribution in [0.3, 0.4) is 0 Å². The lowest BCUT2D eigenvalue weighted by atomic mass is 9.79. The van der Waals surface area contributed by atoms with Gasteiger partial charge in [0.15, 0.2) is 0 Å². The van der Waals surface area contributed by atoms with Crippen LogP contribution in [-0.4, -0.2) is 23.0 Å². The van der Waals surface area contributed by atoms with Crippen LogP contribution in [-0.2, 0) is 4.79 Å². The molecular weight excluding hydrogens is 368 g/mol. The van der Waals surface area contributed by atoms with E-state index in [1.54, 1.807) is 0 Å². The Morgan fingerprint density at radius 2 is 1.36 bits per heavy atom. The summed E-state index contributed by atoms with van der Waals surface area (Å²) >= 11 is 0. The summed E-state index contributed by atoms with van der Waals surface area (Å²) in [6.45, 7) is 8.85. The topological polar surface area (TPSA) is 41.1 Å². The highest BCUT2D eigenvalue weighted by atomic mass is 35.5. The predicted molar refractivity (Wildman–Crippen MR) is 119 cm³/mol. The van der Waals surface area contributed by atoms with Gasteiger partial charge in [-0.3, -0.25) is 4.79 Å². The highest BCUT2D eigenvalue weighted by Crippen LogP contribution is 2.30. The molecule has 1 aliphatic heterocycles. The summed E-state index contributed by atoms with van der Waals surface area (Å²) < 4.78 is 0. The molecule has 0 unspecified atom stereocenters. The minimum atomic E-state index is 0. The lowest BCUT2D eigenvalue weighted by Crippen LogP contribution is -2.62. The number of benzene rings is 2. The molecular formula is C24H33ClN2O. The molecule has 4 heteroatoms. The standard InChI is InChI=1S/C24H32N2O.ClH/c1-23(2)16-20(17-24(3,4)26-23)25-22(27)15-21(18-11-7-5-8-12-18)19-13-9-6-10-14-19;/h5-14,20-21,26H,15-17H2,1-4H3,(H,25,27);1H. The average Bonchev–Trinajstić information content (AvgIpc) is 2.58. The summed E-state index contributed by atoms with van der Waals surface area (Å²) in [6, 6.07) is 20.9. The van der Waals surface area contributed by atoms with Crippen molar-refractivity contribution in [3.63, 3.8) is 0 Å². The van der Waals surface area contributed by atoms with Crippen molar-refractivity contribution in [3.8, 4) is 0 Å². The second-order valence-corrected chi connectivity index (χ2v) is 9.14. The van der Waals surface area contributed by atoms with E-state index in [9.17, 15) is 4.79 Å². The van der Waals surface area contributed by atoms with Gasteiger partial charge in [0.1, 0.15) is 0 Å². The molecule has 3 rings (SSSR count). The van der Waals surface area contributed by atoms with Crippen LogP contribution in [0, 0.1) is 0 Å². The molecule has 2 aromatic carbocycles. The molecule has 0 spiro atoms. The number of hydrogen-bond donors (Lipinski definition) is 2. The number of halogens is 1. The van der Waals surface area contributed by atoms with Crippen molar-refractivity contribution in [2.24, 2.45) is 0 Å². The van der Waals surface area contributed by atoms with Gasteiger partial charge in [-0.15, -0.1) is 12.4 Å². The Morgan fingerprint density at radius 3 is 1.79 bits per heavy atom. The monoisotopic (exact) mass is 400 g/mol. The van der Waals surface area contributed by atoms with Crippen LogP contribution >= 0.6 is 12.4 Å². The average molecular weight is 401 g/mol. The Balaban J connectivity index is 0.00000280. The molecule has 1 amide bonds. The summed E-state index contributed by atoms with van der Waals surface area (Å²) in [7, 11) is 0. The van der Waals surface area contributed by atoms with Crippen LogP contribution in [0.25, 0.3) is 0 Å². The van der Waals surface area contributed by atoms with E-state index < -0.39 is 0 Å². The zero-order valence-corrected chi connectivity index (χ0v) is 18.2. The van der Waals surface area contributed by atoms with Gasteiger partial charge in [0, 0.05) is 29.5 Å². The number of amides is 1. The summed E-state index contributed by atoms with van der Waals surface area (Å²) in [6.07, 6.45) is 2.37.